The van der Waals surface area contributed by atoms with Crippen molar-refractivity contribution in [2.75, 3.05) is 34.3 Å². The first-order chi connectivity index (χ1) is 22.3. The molecule has 0 radical (unpaired) electrons. The van der Waals surface area contributed by atoms with Gasteiger partial charge in [-0.15, -0.1) is 0 Å². The minimum Gasteiger partial charge on any atom is -0.387 e. The highest BCUT2D eigenvalue weighted by atomic mass is 16.7. The van der Waals surface area contributed by atoms with Crippen molar-refractivity contribution < 1.29 is 38.4 Å². The summed E-state index contributed by atoms with van der Waals surface area (Å²) in [5.41, 5.74) is -1.83. The van der Waals surface area contributed by atoms with E-state index >= 15 is 0 Å². The van der Waals surface area contributed by atoms with E-state index in [1.807, 2.05) is 27.7 Å². The Morgan fingerprint density at radius 1 is 1.00 bits per heavy atom. The van der Waals surface area contributed by atoms with Gasteiger partial charge in [0.05, 0.1) is 53.9 Å². The zero-order valence-corrected chi connectivity index (χ0v) is 31.5. The van der Waals surface area contributed by atoms with Gasteiger partial charge in [0.25, 0.3) is 0 Å². The molecule has 12 nitrogen and oxygen atoms in total. The number of ether oxygens (including phenoxy) is 5. The van der Waals surface area contributed by atoms with Gasteiger partial charge in [0, 0.05) is 70.9 Å². The summed E-state index contributed by atoms with van der Waals surface area (Å²) in [6.45, 7) is 18.2. The molecule has 0 spiro atoms. The summed E-state index contributed by atoms with van der Waals surface area (Å²) >= 11 is 0. The van der Waals surface area contributed by atoms with E-state index in [1.54, 1.807) is 32.9 Å². The van der Waals surface area contributed by atoms with Crippen molar-refractivity contribution in [2.24, 2.45) is 28.7 Å². The van der Waals surface area contributed by atoms with Crippen LogP contribution in [-0.2, 0) is 33.3 Å². The number of hydrogen-bond acceptors (Lipinski definition) is 9. The smallest absolute Gasteiger partial charge is 0.241 e. The summed E-state index contributed by atoms with van der Waals surface area (Å²) in [7, 11) is 5.52. The van der Waals surface area contributed by atoms with Crippen LogP contribution in [0.15, 0.2) is 4.99 Å². The molecule has 4 rings (SSSR count). The molecule has 0 aromatic heterocycles. The van der Waals surface area contributed by atoms with Crippen molar-refractivity contribution in [2.45, 2.75) is 155 Å². The predicted molar refractivity (Wildman–Crippen MR) is 183 cm³/mol. The molecule has 4 aliphatic rings. The third kappa shape index (κ3) is 9.09. The topological polar surface area (TPSA) is 131 Å². The summed E-state index contributed by atoms with van der Waals surface area (Å²) in [5, 5.41) is 15.3. The highest BCUT2D eigenvalue weighted by Crippen LogP contribution is 2.42. The number of carbonyl (C=O) groups is 2. The number of likely N-dealkylation sites (N-methyl/N-ethyl adjacent to an activating group) is 1. The quantitative estimate of drug-likeness (QED) is 0.432. The van der Waals surface area contributed by atoms with Gasteiger partial charge in [-0.2, -0.15) is 0 Å². The second-order valence-electron chi connectivity index (χ2n) is 16.1. The Hall–Kier alpha value is -1.83. The third-order valence-electron chi connectivity index (χ3n) is 11.0. The van der Waals surface area contributed by atoms with Crippen molar-refractivity contribution in [3.05, 3.63) is 0 Å². The number of methoxy groups -OCH3 is 1. The van der Waals surface area contributed by atoms with Gasteiger partial charge >= 0.3 is 0 Å². The minimum absolute atomic E-state index is 0.0162. The first kappa shape index (κ1) is 39.0. The number of nitrogens with one attached hydrogen (secondary N) is 1. The van der Waals surface area contributed by atoms with Crippen LogP contribution in [-0.4, -0.2) is 127 Å². The van der Waals surface area contributed by atoms with E-state index < -0.39 is 47.8 Å². The third-order valence-corrected chi connectivity index (χ3v) is 11.0. The lowest BCUT2D eigenvalue weighted by Crippen LogP contribution is -2.57. The number of rotatable bonds is 6. The average Bonchev–Trinajstić information content (AvgIpc) is 3.29. The van der Waals surface area contributed by atoms with E-state index in [4.69, 9.17) is 28.7 Å². The van der Waals surface area contributed by atoms with Crippen molar-refractivity contribution >= 4 is 17.6 Å². The molecule has 4 saturated heterocycles. The van der Waals surface area contributed by atoms with Gasteiger partial charge in [-0.05, 0) is 60.3 Å². The lowest BCUT2D eigenvalue weighted by Gasteiger charge is -2.47. The maximum atomic E-state index is 13.7. The molecule has 0 aromatic carbocycles. The Morgan fingerprint density at radius 2 is 1.69 bits per heavy atom. The number of likely N-dealkylation sites (tertiary alicyclic amines) is 1. The van der Waals surface area contributed by atoms with Gasteiger partial charge in [0.15, 0.2) is 12.6 Å². The monoisotopic (exact) mass is 680 g/mol. The van der Waals surface area contributed by atoms with Gasteiger partial charge < -0.3 is 43.9 Å². The Bertz CT molecular complexity index is 1150. The fourth-order valence-corrected chi connectivity index (χ4v) is 8.62. The number of nitrogens with zero attached hydrogens (tertiary/aromatic N) is 3. The summed E-state index contributed by atoms with van der Waals surface area (Å²) in [4.78, 5) is 35.5. The fraction of sp³-hybridized carbons (Fsp3) is 0.917. The van der Waals surface area contributed by atoms with Gasteiger partial charge in [-0.1, -0.05) is 20.8 Å². The standard InChI is InChI=1S/C36H64N4O8/c1-20(2)38-28-14-26-27(40(28)11)13-22(4)46-34(26)48-32-24(6)31(47-30-17-35(8,44-12)16-23(5)45-30)25(7)33(42)37-18-29(41)39(10)19-21(3)15-36(32,9)43/h20-27,30-32,34,43H,13-19H2,1-12H3,(H,37,42)/t21-,22-,23+,24+,25-,26-,27+,30+,31+,32-,34+,35+,36-/m1/s1. The van der Waals surface area contributed by atoms with Gasteiger partial charge in [-0.25, -0.2) is 0 Å². The molecule has 4 fully saturated rings. The zero-order chi connectivity index (χ0) is 35.7. The maximum absolute atomic E-state index is 13.7. The van der Waals surface area contributed by atoms with E-state index in [0.29, 0.717) is 32.2 Å². The second kappa shape index (κ2) is 15.6. The molecule has 0 aromatic rings. The van der Waals surface area contributed by atoms with Crippen LogP contribution >= 0.6 is 0 Å². The van der Waals surface area contributed by atoms with Crippen LogP contribution in [0.3, 0.4) is 0 Å². The molecule has 4 aliphatic heterocycles. The maximum Gasteiger partial charge on any atom is 0.241 e. The Balaban J connectivity index is 1.74. The molecule has 0 aliphatic carbocycles. The Morgan fingerprint density at radius 3 is 2.33 bits per heavy atom. The Kier molecular flexibility index (Phi) is 12.7. The van der Waals surface area contributed by atoms with Crippen LogP contribution in [0.25, 0.3) is 0 Å². The highest BCUT2D eigenvalue weighted by Gasteiger charge is 2.52. The van der Waals surface area contributed by atoms with E-state index in [1.165, 1.54) is 0 Å². The number of fused-ring (bicyclic) bond motifs is 1. The molecule has 13 atom stereocenters. The summed E-state index contributed by atoms with van der Waals surface area (Å²) in [6, 6.07) is 0.351. The normalized spacial score (nSPS) is 44.6. The van der Waals surface area contributed by atoms with Crippen LogP contribution in [0.4, 0.5) is 0 Å². The van der Waals surface area contributed by atoms with Crippen LogP contribution in [0.2, 0.25) is 0 Å². The van der Waals surface area contributed by atoms with Gasteiger partial charge in [-0.3, -0.25) is 14.6 Å². The summed E-state index contributed by atoms with van der Waals surface area (Å²) < 4.78 is 32.5. The van der Waals surface area contributed by atoms with Crippen LogP contribution in [0, 0.1) is 23.7 Å². The second-order valence-corrected chi connectivity index (χ2v) is 16.1. The lowest BCUT2D eigenvalue weighted by molar-refractivity contribution is -0.298. The van der Waals surface area contributed by atoms with Crippen molar-refractivity contribution in [3.8, 4) is 0 Å². The summed E-state index contributed by atoms with van der Waals surface area (Å²) in [5.74, 6) is -0.701. The van der Waals surface area contributed by atoms with E-state index in [0.717, 1.165) is 12.3 Å². The molecular formula is C36H64N4O8. The molecule has 0 bridgehead atoms. The van der Waals surface area contributed by atoms with E-state index in [-0.39, 0.29) is 54.5 Å². The first-order valence-electron chi connectivity index (χ1n) is 18.0. The Labute approximate surface area is 288 Å². The predicted octanol–water partition coefficient (Wildman–Crippen LogP) is 3.59. The van der Waals surface area contributed by atoms with Gasteiger partial charge in [0.1, 0.15) is 0 Å². The molecule has 0 unspecified atom stereocenters. The lowest BCUT2D eigenvalue weighted by atomic mass is 9.77. The molecule has 0 saturated carbocycles. The molecule has 2 N–H and O–H groups in total. The van der Waals surface area contributed by atoms with E-state index in [9.17, 15) is 14.7 Å². The molecule has 2 amide bonds. The molecular weight excluding hydrogens is 616 g/mol. The SMILES string of the molecule is CO[C@]1(C)C[C@H](O[C@H]2[C@H](C)[C@@H](O[C@@H]3O[C@H](C)C[C@H]4[C@H]3CC(=NC(C)C)N4C)[C@](C)(O)C[C@@H](C)CN(C)C(=O)CNC(=O)[C@@H]2C)O[C@@H](C)C1. The molecule has 4 heterocycles. The molecule has 12 heteroatoms. The number of aliphatic hydroxyl groups is 1. The van der Waals surface area contributed by atoms with Crippen molar-refractivity contribution in [1.29, 1.82) is 0 Å². The number of aliphatic imine (C=N–C) groups is 1. The number of amidine groups is 1. The number of carbonyl (C=O) groups excluding carboxylic acids is 2. The average molecular weight is 681 g/mol. The van der Waals surface area contributed by atoms with Crippen molar-refractivity contribution in [1.82, 2.24) is 15.1 Å². The number of amides is 2. The zero-order valence-electron chi connectivity index (χ0n) is 31.5. The summed E-state index contributed by atoms with van der Waals surface area (Å²) in [6.07, 6.45) is 0.147. The largest absolute Gasteiger partial charge is 0.387 e. The molecule has 48 heavy (non-hydrogen) atoms. The van der Waals surface area contributed by atoms with Crippen LogP contribution in [0.5, 0.6) is 0 Å². The first-order valence-corrected chi connectivity index (χ1v) is 18.0. The van der Waals surface area contributed by atoms with Crippen LogP contribution < -0.4 is 5.32 Å². The minimum atomic E-state index is -1.37. The molecule has 276 valence electrons. The van der Waals surface area contributed by atoms with E-state index in [2.05, 4.69) is 38.0 Å². The number of hydrogen-bond donors (Lipinski definition) is 2. The fourth-order valence-electron chi connectivity index (χ4n) is 8.62. The highest BCUT2D eigenvalue weighted by molar-refractivity contribution is 5.86. The van der Waals surface area contributed by atoms with Crippen molar-refractivity contribution in [3.63, 3.8) is 0 Å². The van der Waals surface area contributed by atoms with Crippen LogP contribution in [0.1, 0.15) is 94.4 Å². The van der Waals surface area contributed by atoms with Gasteiger partial charge in [0.2, 0.25) is 11.8 Å².